The second-order valence-corrected chi connectivity index (χ2v) is 6.17. The van der Waals surface area contributed by atoms with Gasteiger partial charge < -0.3 is 10.4 Å². The Morgan fingerprint density at radius 2 is 2.00 bits per heavy atom. The first-order chi connectivity index (χ1) is 9.81. The first-order valence-corrected chi connectivity index (χ1v) is 7.55. The third-order valence-electron chi connectivity index (χ3n) is 3.43. The highest BCUT2D eigenvalue weighted by Crippen LogP contribution is 2.22. The van der Waals surface area contributed by atoms with Crippen molar-refractivity contribution in [3.05, 3.63) is 57.0 Å². The van der Waals surface area contributed by atoms with E-state index in [-0.39, 0.29) is 18.3 Å². The van der Waals surface area contributed by atoms with E-state index >= 15 is 0 Å². The maximum absolute atomic E-state index is 13.6. The monoisotopic (exact) mass is 307 g/mol. The minimum absolute atomic E-state index is 0.0953. The smallest absolute Gasteiger partial charge is 0.251 e. The van der Waals surface area contributed by atoms with E-state index in [1.165, 1.54) is 23.5 Å². The number of carbonyl (C=O) groups excluding carboxylic acids is 1. The van der Waals surface area contributed by atoms with Gasteiger partial charge in [-0.15, -0.1) is 0 Å². The van der Waals surface area contributed by atoms with Gasteiger partial charge in [0.25, 0.3) is 5.91 Å². The number of hydrogen-bond donors (Lipinski definition) is 2. The molecule has 1 aromatic carbocycles. The van der Waals surface area contributed by atoms with Gasteiger partial charge >= 0.3 is 0 Å². The predicted molar refractivity (Wildman–Crippen MR) is 82.1 cm³/mol. The normalized spacial score (nSPS) is 13.8. The van der Waals surface area contributed by atoms with E-state index < -0.39 is 5.60 Å². The molecule has 5 heteroatoms. The first kappa shape index (κ1) is 15.7. The second-order valence-electron chi connectivity index (χ2n) is 5.39. The molecule has 0 aliphatic rings. The molecule has 2 N–H and O–H groups in total. The second kappa shape index (κ2) is 5.95. The van der Waals surface area contributed by atoms with Gasteiger partial charge in [0.05, 0.1) is 6.54 Å². The van der Waals surface area contributed by atoms with Gasteiger partial charge in [-0.2, -0.15) is 11.3 Å². The van der Waals surface area contributed by atoms with Crippen LogP contribution in [0.15, 0.2) is 29.0 Å². The van der Waals surface area contributed by atoms with Crippen molar-refractivity contribution in [2.75, 3.05) is 6.54 Å². The molecule has 1 amide bonds. The summed E-state index contributed by atoms with van der Waals surface area (Å²) >= 11 is 1.49. The molecule has 3 nitrogen and oxygen atoms in total. The Bertz CT molecular complexity index is 627. The molecule has 1 heterocycles. The van der Waals surface area contributed by atoms with Crippen molar-refractivity contribution in [1.29, 1.82) is 0 Å². The van der Waals surface area contributed by atoms with Gasteiger partial charge in [-0.3, -0.25) is 4.79 Å². The van der Waals surface area contributed by atoms with Crippen LogP contribution in [0.1, 0.15) is 34.0 Å². The van der Waals surface area contributed by atoms with Crippen LogP contribution < -0.4 is 5.32 Å². The summed E-state index contributed by atoms with van der Waals surface area (Å²) in [6.07, 6.45) is 0. The van der Waals surface area contributed by atoms with Crippen molar-refractivity contribution in [2.45, 2.75) is 26.4 Å². The van der Waals surface area contributed by atoms with Crippen LogP contribution in [0.25, 0.3) is 0 Å². The highest BCUT2D eigenvalue weighted by Gasteiger charge is 2.24. The zero-order valence-electron chi connectivity index (χ0n) is 12.2. The molecule has 2 aromatic rings. The number of halogens is 1. The Morgan fingerprint density at radius 1 is 1.38 bits per heavy atom. The Kier molecular flexibility index (Phi) is 4.44. The number of nitrogens with one attached hydrogen (secondary N) is 1. The van der Waals surface area contributed by atoms with Crippen LogP contribution >= 0.6 is 11.3 Å². The van der Waals surface area contributed by atoms with Crippen LogP contribution in [0.3, 0.4) is 0 Å². The molecule has 0 saturated heterocycles. The lowest BCUT2D eigenvalue weighted by Gasteiger charge is -2.23. The third-order valence-corrected chi connectivity index (χ3v) is 4.12. The predicted octanol–water partition coefficient (Wildman–Crippen LogP) is 3.14. The molecule has 0 aliphatic heterocycles. The van der Waals surface area contributed by atoms with Crippen molar-refractivity contribution >= 4 is 17.2 Å². The third kappa shape index (κ3) is 3.49. The molecule has 0 saturated carbocycles. The maximum atomic E-state index is 13.6. The summed E-state index contributed by atoms with van der Waals surface area (Å²) in [6.45, 7) is 5.00. The highest BCUT2D eigenvalue weighted by molar-refractivity contribution is 7.08. The molecular weight excluding hydrogens is 289 g/mol. The zero-order chi connectivity index (χ0) is 15.6. The van der Waals surface area contributed by atoms with Gasteiger partial charge in [0.1, 0.15) is 11.4 Å². The molecule has 0 spiro atoms. The molecule has 0 aliphatic carbocycles. The van der Waals surface area contributed by atoms with E-state index in [4.69, 9.17) is 0 Å². The molecule has 21 heavy (non-hydrogen) atoms. The number of rotatable bonds is 4. The van der Waals surface area contributed by atoms with Crippen molar-refractivity contribution in [1.82, 2.24) is 5.32 Å². The van der Waals surface area contributed by atoms with E-state index in [0.717, 1.165) is 5.56 Å². The number of carbonyl (C=O) groups is 1. The number of aliphatic hydroxyl groups is 1. The zero-order valence-corrected chi connectivity index (χ0v) is 13.1. The molecule has 0 fully saturated rings. The van der Waals surface area contributed by atoms with E-state index in [1.54, 1.807) is 20.8 Å². The standard InChI is InChI=1S/C16H18FNO2S/c1-10-6-12(7-11(2)14(10)17)15(19)18-9-16(3,20)13-4-5-21-8-13/h4-8,20H,9H2,1-3H3,(H,18,19). The SMILES string of the molecule is Cc1cc(C(=O)NCC(C)(O)c2ccsc2)cc(C)c1F. The lowest BCUT2D eigenvalue weighted by Crippen LogP contribution is -2.38. The number of thiophene rings is 1. The van der Waals surface area contributed by atoms with E-state index in [1.807, 2.05) is 16.8 Å². The average Bonchev–Trinajstić information content (AvgIpc) is 2.96. The van der Waals surface area contributed by atoms with Crippen LogP contribution in [0.2, 0.25) is 0 Å². The fourth-order valence-corrected chi connectivity index (χ4v) is 2.89. The lowest BCUT2D eigenvalue weighted by atomic mass is 9.99. The van der Waals surface area contributed by atoms with Crippen LogP contribution in [0.5, 0.6) is 0 Å². The highest BCUT2D eigenvalue weighted by atomic mass is 32.1. The molecule has 0 radical (unpaired) electrons. The number of hydrogen-bond acceptors (Lipinski definition) is 3. The van der Waals surface area contributed by atoms with E-state index in [9.17, 15) is 14.3 Å². The van der Waals surface area contributed by atoms with Crippen molar-refractivity contribution in [2.24, 2.45) is 0 Å². The molecule has 1 aromatic heterocycles. The number of amides is 1. The molecule has 2 rings (SSSR count). The summed E-state index contributed by atoms with van der Waals surface area (Å²) in [6, 6.07) is 4.84. The first-order valence-electron chi connectivity index (χ1n) is 6.61. The molecule has 1 unspecified atom stereocenters. The molecule has 112 valence electrons. The Labute approximate surface area is 127 Å². The number of benzene rings is 1. The fraction of sp³-hybridized carbons (Fsp3) is 0.312. The van der Waals surface area contributed by atoms with Gasteiger partial charge in [0.15, 0.2) is 0 Å². The van der Waals surface area contributed by atoms with Crippen molar-refractivity contribution < 1.29 is 14.3 Å². The molecular formula is C16H18FNO2S. The van der Waals surface area contributed by atoms with Gasteiger partial charge in [-0.05, 0) is 66.4 Å². The maximum Gasteiger partial charge on any atom is 0.251 e. The fourth-order valence-electron chi connectivity index (χ4n) is 2.10. The summed E-state index contributed by atoms with van der Waals surface area (Å²) in [5, 5.41) is 16.8. The van der Waals surface area contributed by atoms with Crippen LogP contribution in [-0.2, 0) is 5.60 Å². The topological polar surface area (TPSA) is 49.3 Å². The van der Waals surface area contributed by atoms with E-state index in [2.05, 4.69) is 5.32 Å². The lowest BCUT2D eigenvalue weighted by molar-refractivity contribution is 0.0530. The summed E-state index contributed by atoms with van der Waals surface area (Å²) in [5.74, 6) is -0.617. The largest absolute Gasteiger partial charge is 0.384 e. The van der Waals surface area contributed by atoms with Crippen LogP contribution in [0.4, 0.5) is 4.39 Å². The van der Waals surface area contributed by atoms with Gasteiger partial charge in [-0.1, -0.05) is 0 Å². The summed E-state index contributed by atoms with van der Waals surface area (Å²) in [7, 11) is 0. The van der Waals surface area contributed by atoms with Crippen LogP contribution in [-0.4, -0.2) is 17.6 Å². The molecule has 1 atom stereocenters. The summed E-state index contributed by atoms with van der Waals surface area (Å²) in [5.41, 5.74) is 0.904. The van der Waals surface area contributed by atoms with Crippen molar-refractivity contribution in [3.8, 4) is 0 Å². The van der Waals surface area contributed by atoms with Gasteiger partial charge in [-0.25, -0.2) is 4.39 Å². The Balaban J connectivity index is 2.09. The average molecular weight is 307 g/mol. The van der Waals surface area contributed by atoms with Crippen LogP contribution in [0, 0.1) is 19.7 Å². The minimum atomic E-state index is -1.13. The molecule has 0 bridgehead atoms. The Morgan fingerprint density at radius 3 is 2.52 bits per heavy atom. The minimum Gasteiger partial charge on any atom is -0.384 e. The summed E-state index contributed by atoms with van der Waals surface area (Å²) < 4.78 is 13.6. The van der Waals surface area contributed by atoms with Gasteiger partial charge in [0.2, 0.25) is 0 Å². The quantitative estimate of drug-likeness (QED) is 0.911. The Hall–Kier alpha value is -1.72. The summed E-state index contributed by atoms with van der Waals surface area (Å²) in [4.78, 5) is 12.1. The van der Waals surface area contributed by atoms with E-state index in [0.29, 0.717) is 16.7 Å². The van der Waals surface area contributed by atoms with Crippen molar-refractivity contribution in [3.63, 3.8) is 0 Å². The van der Waals surface area contributed by atoms with Gasteiger partial charge in [0, 0.05) is 5.56 Å². The number of aryl methyl sites for hydroxylation is 2.